The van der Waals surface area contributed by atoms with E-state index in [-0.39, 0.29) is 0 Å². The number of rotatable bonds is 2. The van der Waals surface area contributed by atoms with Crippen molar-refractivity contribution < 1.29 is 4.74 Å². The molecule has 0 fully saturated rings. The Morgan fingerprint density at radius 2 is 1.61 bits per heavy atom. The van der Waals surface area contributed by atoms with Gasteiger partial charge in [-0.1, -0.05) is 80.1 Å². The van der Waals surface area contributed by atoms with Gasteiger partial charge in [0.05, 0.1) is 0 Å². The monoisotopic (exact) mass is 372 g/mol. The number of ether oxygens (including phenoxy) is 1. The molecule has 0 aromatic heterocycles. The van der Waals surface area contributed by atoms with Crippen molar-refractivity contribution in [3.05, 3.63) is 107 Å². The van der Waals surface area contributed by atoms with E-state index in [1.54, 1.807) is 0 Å². The van der Waals surface area contributed by atoms with E-state index >= 15 is 0 Å². The Labute approximate surface area is 170 Å². The van der Waals surface area contributed by atoms with Crippen LogP contribution >= 0.6 is 0 Å². The lowest BCUT2D eigenvalue weighted by Crippen LogP contribution is -1.96. The summed E-state index contributed by atoms with van der Waals surface area (Å²) in [6, 6.07) is 16.7. The minimum absolute atomic E-state index is 0.881. The van der Waals surface area contributed by atoms with Gasteiger partial charge in [-0.25, -0.2) is 0 Å². The molecule has 2 aromatic carbocycles. The number of aryl methyl sites for hydroxylation is 2. The fraction of sp³-hybridized carbons (Fsp3) is 0.259. The molecular weight excluding hydrogens is 340 g/mol. The highest BCUT2D eigenvalue weighted by molar-refractivity contribution is 5.68. The Morgan fingerprint density at radius 1 is 0.857 bits per heavy atom. The van der Waals surface area contributed by atoms with E-state index in [0.717, 1.165) is 17.9 Å². The molecule has 0 atom stereocenters. The lowest BCUT2D eigenvalue weighted by Gasteiger charge is -2.13. The Hall–Kier alpha value is -2.80. The number of benzene rings is 2. The minimum atomic E-state index is 0.881. The van der Waals surface area contributed by atoms with Crippen LogP contribution in [0.5, 0.6) is 5.75 Å². The molecule has 0 N–H and O–H groups in total. The first-order chi connectivity index (χ1) is 13.7. The number of fused-ring (bicyclic) bond motifs is 1. The van der Waals surface area contributed by atoms with Crippen molar-refractivity contribution in [3.63, 3.8) is 0 Å². The van der Waals surface area contributed by atoms with Crippen molar-refractivity contribution in [3.8, 4) is 5.75 Å². The summed E-state index contributed by atoms with van der Waals surface area (Å²) in [5.41, 5.74) is 5.63. The number of hydrogen-bond acceptors (Lipinski definition) is 1. The van der Waals surface area contributed by atoms with Gasteiger partial charge in [0, 0.05) is 0 Å². The first kappa shape index (κ1) is 21.5. The van der Waals surface area contributed by atoms with Gasteiger partial charge < -0.3 is 4.74 Å². The Bertz CT molecular complexity index is 848. The summed E-state index contributed by atoms with van der Waals surface area (Å²) in [5, 5.41) is 0. The summed E-state index contributed by atoms with van der Waals surface area (Å²) in [6.45, 7) is 8.26. The smallest absolute Gasteiger partial charge is 0.127 e. The van der Waals surface area contributed by atoms with E-state index in [1.165, 1.54) is 35.1 Å². The zero-order valence-electron chi connectivity index (χ0n) is 17.6. The molecule has 0 unspecified atom stereocenters. The molecule has 1 heteroatoms. The Morgan fingerprint density at radius 3 is 2.36 bits per heavy atom. The van der Waals surface area contributed by atoms with E-state index in [2.05, 4.69) is 56.3 Å². The van der Waals surface area contributed by atoms with Crippen LogP contribution in [0.4, 0.5) is 0 Å². The molecule has 1 nitrogen and oxygen atoms in total. The maximum absolute atomic E-state index is 5.71. The SMILES string of the molecule is CC.CC1=CCCc2ccccc21.Cc1ccc(OC2=CC=CCC=C2)cc1. The van der Waals surface area contributed by atoms with Crippen molar-refractivity contribution in [2.45, 2.75) is 47.0 Å². The normalized spacial score (nSPS) is 14.1. The first-order valence-electron chi connectivity index (χ1n) is 10.3. The lowest BCUT2D eigenvalue weighted by atomic mass is 9.92. The fourth-order valence-corrected chi connectivity index (χ4v) is 3.05. The molecule has 2 aromatic rings. The van der Waals surface area contributed by atoms with Gasteiger partial charge in [0.2, 0.25) is 0 Å². The van der Waals surface area contributed by atoms with Crippen LogP contribution < -0.4 is 4.74 Å². The maximum Gasteiger partial charge on any atom is 0.127 e. The van der Waals surface area contributed by atoms with E-state index in [1.807, 2.05) is 56.3 Å². The van der Waals surface area contributed by atoms with Crippen molar-refractivity contribution >= 4 is 5.57 Å². The predicted octanol–water partition coefficient (Wildman–Crippen LogP) is 7.84. The quantitative estimate of drug-likeness (QED) is 0.522. The largest absolute Gasteiger partial charge is 0.457 e. The van der Waals surface area contributed by atoms with Gasteiger partial charge in [0.25, 0.3) is 0 Å². The minimum Gasteiger partial charge on any atom is -0.457 e. The average Bonchev–Trinajstić information content (AvgIpc) is 3.01. The van der Waals surface area contributed by atoms with E-state index in [4.69, 9.17) is 4.74 Å². The van der Waals surface area contributed by atoms with Crippen LogP contribution in [0.3, 0.4) is 0 Å². The second kappa shape index (κ2) is 11.8. The zero-order chi connectivity index (χ0) is 20.2. The summed E-state index contributed by atoms with van der Waals surface area (Å²) >= 11 is 0. The van der Waals surface area contributed by atoms with Crippen LogP contribution in [-0.2, 0) is 6.42 Å². The molecule has 0 heterocycles. The van der Waals surface area contributed by atoms with Crippen molar-refractivity contribution in [2.24, 2.45) is 0 Å². The van der Waals surface area contributed by atoms with Crippen LogP contribution in [0.2, 0.25) is 0 Å². The van der Waals surface area contributed by atoms with E-state index in [0.29, 0.717) is 0 Å². The molecule has 0 saturated heterocycles. The molecular formula is C27H32O. The fourth-order valence-electron chi connectivity index (χ4n) is 3.05. The molecule has 0 radical (unpaired) electrons. The molecule has 0 aliphatic heterocycles. The molecule has 2 aliphatic carbocycles. The van der Waals surface area contributed by atoms with E-state index < -0.39 is 0 Å². The summed E-state index contributed by atoms with van der Waals surface area (Å²) in [4.78, 5) is 0. The summed E-state index contributed by atoms with van der Waals surface area (Å²) in [5.74, 6) is 1.76. The highest BCUT2D eigenvalue weighted by Crippen LogP contribution is 2.25. The molecule has 0 spiro atoms. The standard InChI is InChI=1S/C14H14O.C11H12.C2H6/c1-12-8-10-14(11-9-12)15-13-6-4-2-3-5-7-13;1-9-5-4-7-10-6-2-3-8-11(9)10;1-2/h2,4-11H,3H2,1H3;2-3,5-6,8H,4,7H2,1H3;1-2H3. The van der Waals surface area contributed by atoms with Crippen LogP contribution in [0.15, 0.2) is 90.7 Å². The van der Waals surface area contributed by atoms with Gasteiger partial charge in [-0.05, 0) is 74.1 Å². The van der Waals surface area contributed by atoms with Crippen molar-refractivity contribution in [1.82, 2.24) is 0 Å². The molecule has 146 valence electrons. The highest BCUT2D eigenvalue weighted by Gasteiger charge is 2.06. The van der Waals surface area contributed by atoms with Gasteiger partial charge in [-0.2, -0.15) is 0 Å². The maximum atomic E-state index is 5.71. The van der Waals surface area contributed by atoms with Crippen molar-refractivity contribution in [2.75, 3.05) is 0 Å². The second-order valence-corrected chi connectivity index (χ2v) is 6.63. The first-order valence-corrected chi connectivity index (χ1v) is 10.3. The summed E-state index contributed by atoms with van der Waals surface area (Å²) in [7, 11) is 0. The van der Waals surface area contributed by atoms with Crippen LogP contribution in [0.25, 0.3) is 5.57 Å². The van der Waals surface area contributed by atoms with Crippen molar-refractivity contribution in [1.29, 1.82) is 0 Å². The van der Waals surface area contributed by atoms with Gasteiger partial charge in [0.1, 0.15) is 11.5 Å². The van der Waals surface area contributed by atoms with Gasteiger partial charge in [-0.3, -0.25) is 0 Å². The van der Waals surface area contributed by atoms with Crippen LogP contribution in [-0.4, -0.2) is 0 Å². The number of hydrogen-bond donors (Lipinski definition) is 0. The second-order valence-electron chi connectivity index (χ2n) is 6.63. The molecule has 2 aliphatic rings. The molecule has 4 rings (SSSR count). The van der Waals surface area contributed by atoms with E-state index in [9.17, 15) is 0 Å². The summed E-state index contributed by atoms with van der Waals surface area (Å²) < 4.78 is 5.71. The predicted molar refractivity (Wildman–Crippen MR) is 123 cm³/mol. The summed E-state index contributed by atoms with van der Waals surface area (Å²) in [6.07, 6.45) is 15.9. The van der Waals surface area contributed by atoms with Crippen LogP contribution in [0, 0.1) is 6.92 Å². The van der Waals surface area contributed by atoms with Gasteiger partial charge >= 0.3 is 0 Å². The highest BCUT2D eigenvalue weighted by atomic mass is 16.5. The number of allylic oxidation sites excluding steroid dienone is 7. The molecule has 0 saturated carbocycles. The zero-order valence-corrected chi connectivity index (χ0v) is 17.6. The topological polar surface area (TPSA) is 9.23 Å². The van der Waals surface area contributed by atoms with Gasteiger partial charge in [0.15, 0.2) is 0 Å². The molecule has 0 bridgehead atoms. The van der Waals surface area contributed by atoms with Gasteiger partial charge in [-0.15, -0.1) is 0 Å². The average molecular weight is 373 g/mol. The lowest BCUT2D eigenvalue weighted by molar-refractivity contribution is 0.444. The third kappa shape index (κ3) is 6.74. The van der Waals surface area contributed by atoms with Crippen LogP contribution in [0.1, 0.15) is 50.3 Å². The Balaban J connectivity index is 0.000000191. The third-order valence-corrected chi connectivity index (χ3v) is 4.51. The molecule has 0 amide bonds. The Kier molecular flexibility index (Phi) is 9.07. The molecule has 28 heavy (non-hydrogen) atoms. The third-order valence-electron chi connectivity index (χ3n) is 4.51.